The standard InChI is InChI=1S/C16H21F2NO2/c17-13-6-4-12(10-14(13)18)5-7-15(20)19-11-16(21)8-2-1-3-9-16/h4,6,10,21H,1-3,5,7-9,11H2,(H,19,20). The van der Waals surface area contributed by atoms with Gasteiger partial charge >= 0.3 is 0 Å². The van der Waals surface area contributed by atoms with E-state index in [1.165, 1.54) is 6.07 Å². The first-order chi connectivity index (χ1) is 9.98. The predicted octanol–water partition coefficient (Wildman–Crippen LogP) is 2.71. The third kappa shape index (κ3) is 4.77. The van der Waals surface area contributed by atoms with E-state index in [-0.39, 0.29) is 18.9 Å². The lowest BCUT2D eigenvalue weighted by atomic mass is 9.85. The number of carbonyl (C=O) groups is 1. The van der Waals surface area contributed by atoms with Crippen molar-refractivity contribution in [3.05, 3.63) is 35.4 Å². The Bertz CT molecular complexity index is 499. The Morgan fingerprint density at radius 1 is 1.19 bits per heavy atom. The number of aliphatic hydroxyl groups is 1. The maximum absolute atomic E-state index is 13.0. The molecule has 5 heteroatoms. The van der Waals surface area contributed by atoms with E-state index in [0.29, 0.717) is 12.0 Å². The van der Waals surface area contributed by atoms with Gasteiger partial charge in [0.25, 0.3) is 0 Å². The maximum Gasteiger partial charge on any atom is 0.220 e. The van der Waals surface area contributed by atoms with Gasteiger partial charge in [0.15, 0.2) is 11.6 Å². The second kappa shape index (κ2) is 6.98. The van der Waals surface area contributed by atoms with Crippen molar-refractivity contribution in [2.45, 2.75) is 50.5 Å². The predicted molar refractivity (Wildman–Crippen MR) is 75.7 cm³/mol. The molecule has 3 nitrogen and oxygen atoms in total. The monoisotopic (exact) mass is 297 g/mol. The van der Waals surface area contributed by atoms with E-state index in [2.05, 4.69) is 5.32 Å². The van der Waals surface area contributed by atoms with Crippen LogP contribution in [0.4, 0.5) is 8.78 Å². The molecule has 0 aromatic heterocycles. The fourth-order valence-electron chi connectivity index (χ4n) is 2.69. The molecule has 1 aliphatic rings. The smallest absolute Gasteiger partial charge is 0.220 e. The van der Waals surface area contributed by atoms with Gasteiger partial charge in [-0.1, -0.05) is 25.3 Å². The van der Waals surface area contributed by atoms with E-state index in [1.807, 2.05) is 0 Å². The summed E-state index contributed by atoms with van der Waals surface area (Å²) in [4.78, 5) is 11.8. The molecule has 0 radical (unpaired) electrons. The zero-order valence-corrected chi connectivity index (χ0v) is 12.0. The van der Waals surface area contributed by atoms with Crippen LogP contribution < -0.4 is 5.32 Å². The van der Waals surface area contributed by atoms with Crippen molar-refractivity contribution in [2.24, 2.45) is 0 Å². The highest BCUT2D eigenvalue weighted by molar-refractivity contribution is 5.76. The van der Waals surface area contributed by atoms with Crippen molar-refractivity contribution in [3.63, 3.8) is 0 Å². The van der Waals surface area contributed by atoms with Crippen LogP contribution in [0.15, 0.2) is 18.2 Å². The average molecular weight is 297 g/mol. The fraction of sp³-hybridized carbons (Fsp3) is 0.562. The van der Waals surface area contributed by atoms with Gasteiger partial charge in [0.05, 0.1) is 5.60 Å². The SMILES string of the molecule is O=C(CCc1ccc(F)c(F)c1)NCC1(O)CCCCC1. The highest BCUT2D eigenvalue weighted by atomic mass is 19.2. The summed E-state index contributed by atoms with van der Waals surface area (Å²) in [6.07, 6.45) is 5.09. The van der Waals surface area contributed by atoms with E-state index in [4.69, 9.17) is 0 Å². The van der Waals surface area contributed by atoms with Gasteiger partial charge in [0.1, 0.15) is 0 Å². The quantitative estimate of drug-likeness (QED) is 0.878. The minimum Gasteiger partial charge on any atom is -0.388 e. The van der Waals surface area contributed by atoms with Gasteiger partial charge in [-0.2, -0.15) is 0 Å². The average Bonchev–Trinajstić information content (AvgIpc) is 2.47. The largest absolute Gasteiger partial charge is 0.388 e. The molecular formula is C16H21F2NO2. The second-order valence-corrected chi connectivity index (χ2v) is 5.81. The Labute approximate surface area is 123 Å². The number of rotatable bonds is 5. The van der Waals surface area contributed by atoms with Gasteiger partial charge in [-0.25, -0.2) is 8.78 Å². The number of nitrogens with one attached hydrogen (secondary N) is 1. The Hall–Kier alpha value is -1.49. The first-order valence-electron chi connectivity index (χ1n) is 7.42. The van der Waals surface area contributed by atoms with Crippen molar-refractivity contribution in [2.75, 3.05) is 6.54 Å². The van der Waals surface area contributed by atoms with Gasteiger partial charge in [-0.05, 0) is 37.0 Å². The third-order valence-corrected chi connectivity index (χ3v) is 4.02. The molecule has 1 amide bonds. The molecule has 1 saturated carbocycles. The van der Waals surface area contributed by atoms with Crippen LogP contribution in [-0.4, -0.2) is 23.2 Å². The van der Waals surface area contributed by atoms with Crippen LogP contribution in [0.5, 0.6) is 0 Å². The van der Waals surface area contributed by atoms with Crippen LogP contribution in [0, 0.1) is 11.6 Å². The van der Waals surface area contributed by atoms with Gasteiger partial charge in [0.2, 0.25) is 5.91 Å². The summed E-state index contributed by atoms with van der Waals surface area (Å²) in [6, 6.07) is 3.64. The van der Waals surface area contributed by atoms with Crippen molar-refractivity contribution in [1.82, 2.24) is 5.32 Å². The summed E-state index contributed by atoms with van der Waals surface area (Å²) in [6.45, 7) is 0.267. The van der Waals surface area contributed by atoms with Crippen LogP contribution in [0.2, 0.25) is 0 Å². The lowest BCUT2D eigenvalue weighted by Gasteiger charge is -2.32. The number of carbonyl (C=O) groups excluding carboxylic acids is 1. The van der Waals surface area contributed by atoms with Crippen LogP contribution in [0.1, 0.15) is 44.1 Å². The normalized spacial score (nSPS) is 17.5. The zero-order chi connectivity index (χ0) is 15.3. The number of halogens is 2. The molecule has 0 heterocycles. The number of hydrogen-bond acceptors (Lipinski definition) is 2. The number of benzene rings is 1. The zero-order valence-electron chi connectivity index (χ0n) is 12.0. The molecule has 21 heavy (non-hydrogen) atoms. The molecule has 0 saturated heterocycles. The minimum absolute atomic E-state index is 0.182. The summed E-state index contributed by atoms with van der Waals surface area (Å²) in [5, 5.41) is 13.0. The lowest BCUT2D eigenvalue weighted by Crippen LogP contribution is -2.44. The molecule has 0 atom stereocenters. The van der Waals surface area contributed by atoms with Crippen LogP contribution in [0.25, 0.3) is 0 Å². The van der Waals surface area contributed by atoms with Crippen LogP contribution >= 0.6 is 0 Å². The summed E-state index contributed by atoms with van der Waals surface area (Å²) in [5.41, 5.74) is -0.198. The Morgan fingerprint density at radius 3 is 2.57 bits per heavy atom. The number of aryl methyl sites for hydroxylation is 1. The van der Waals surface area contributed by atoms with Gasteiger partial charge < -0.3 is 10.4 Å². The van der Waals surface area contributed by atoms with E-state index in [9.17, 15) is 18.7 Å². The molecule has 2 N–H and O–H groups in total. The van der Waals surface area contributed by atoms with Crippen molar-refractivity contribution < 1.29 is 18.7 Å². The Morgan fingerprint density at radius 2 is 1.90 bits per heavy atom. The Balaban J connectivity index is 1.75. The van der Waals surface area contributed by atoms with E-state index < -0.39 is 17.2 Å². The molecule has 0 spiro atoms. The van der Waals surface area contributed by atoms with Crippen molar-refractivity contribution >= 4 is 5.91 Å². The Kier molecular flexibility index (Phi) is 5.28. The number of hydrogen-bond donors (Lipinski definition) is 2. The molecule has 2 rings (SSSR count). The molecule has 1 aromatic rings. The summed E-state index contributed by atoms with van der Waals surface area (Å²) < 4.78 is 25.8. The van der Waals surface area contributed by atoms with E-state index >= 15 is 0 Å². The molecule has 116 valence electrons. The molecule has 1 aromatic carbocycles. The first-order valence-corrected chi connectivity index (χ1v) is 7.42. The molecule has 0 bridgehead atoms. The summed E-state index contributed by atoms with van der Waals surface area (Å²) >= 11 is 0. The second-order valence-electron chi connectivity index (χ2n) is 5.81. The molecule has 0 aliphatic heterocycles. The minimum atomic E-state index is -0.899. The highest BCUT2D eigenvalue weighted by Crippen LogP contribution is 2.27. The fourth-order valence-corrected chi connectivity index (χ4v) is 2.69. The molecular weight excluding hydrogens is 276 g/mol. The summed E-state index contributed by atoms with van der Waals surface area (Å²) in [7, 11) is 0. The van der Waals surface area contributed by atoms with Gasteiger partial charge in [0, 0.05) is 13.0 Å². The molecule has 0 unspecified atom stereocenters. The van der Waals surface area contributed by atoms with Gasteiger partial charge in [-0.3, -0.25) is 4.79 Å². The van der Waals surface area contributed by atoms with Gasteiger partial charge in [-0.15, -0.1) is 0 Å². The van der Waals surface area contributed by atoms with Crippen LogP contribution in [0.3, 0.4) is 0 Å². The lowest BCUT2D eigenvalue weighted by molar-refractivity contribution is -0.122. The van der Waals surface area contributed by atoms with Crippen molar-refractivity contribution in [1.29, 1.82) is 0 Å². The van der Waals surface area contributed by atoms with E-state index in [1.54, 1.807) is 0 Å². The molecule has 1 fully saturated rings. The summed E-state index contributed by atoms with van der Waals surface area (Å²) in [5.74, 6) is -1.97. The maximum atomic E-state index is 13.0. The topological polar surface area (TPSA) is 49.3 Å². The van der Waals surface area contributed by atoms with Crippen molar-refractivity contribution in [3.8, 4) is 0 Å². The first kappa shape index (κ1) is 15.9. The number of amides is 1. The third-order valence-electron chi connectivity index (χ3n) is 4.02. The van der Waals surface area contributed by atoms with Crippen LogP contribution in [-0.2, 0) is 11.2 Å². The molecule has 1 aliphatic carbocycles. The highest BCUT2D eigenvalue weighted by Gasteiger charge is 2.29. The van der Waals surface area contributed by atoms with E-state index in [0.717, 1.165) is 44.2 Å².